The van der Waals surface area contributed by atoms with Gasteiger partial charge in [0.15, 0.2) is 0 Å². The molecule has 0 heterocycles. The number of carboxylic acids is 1. The Morgan fingerprint density at radius 3 is 2.46 bits per heavy atom. The fourth-order valence-corrected chi connectivity index (χ4v) is 1.74. The third-order valence-corrected chi connectivity index (χ3v) is 2.72. The molecule has 0 aromatic carbocycles. The lowest BCUT2D eigenvalue weighted by Gasteiger charge is -2.28. The predicted octanol–water partition coefficient (Wildman–Crippen LogP) is 2.84. The van der Waals surface area contributed by atoms with Crippen molar-refractivity contribution in [3.8, 4) is 0 Å². The summed E-state index contributed by atoms with van der Waals surface area (Å²) < 4.78 is 0. The van der Waals surface area contributed by atoms with Gasteiger partial charge in [0.2, 0.25) is 0 Å². The zero-order chi connectivity index (χ0) is 10.1. The third kappa shape index (κ3) is 2.58. The highest BCUT2D eigenvalue weighted by atomic mass is 16.4. The maximum absolute atomic E-state index is 10.7. The molecule has 74 valence electrons. The van der Waals surface area contributed by atoms with Crippen molar-refractivity contribution in [2.45, 2.75) is 40.0 Å². The van der Waals surface area contributed by atoms with Gasteiger partial charge in [0, 0.05) is 0 Å². The van der Waals surface area contributed by atoms with Crippen molar-refractivity contribution in [3.63, 3.8) is 0 Å². The molecule has 0 amide bonds. The molecule has 1 N–H and O–H groups in total. The lowest BCUT2D eigenvalue weighted by molar-refractivity contribution is -0.142. The van der Waals surface area contributed by atoms with Crippen LogP contribution in [-0.2, 0) is 4.79 Å². The van der Waals surface area contributed by atoms with Gasteiger partial charge in [-0.15, -0.1) is 0 Å². The van der Waals surface area contributed by atoms with Gasteiger partial charge in [-0.3, -0.25) is 4.79 Å². The number of hydrogen-bond acceptors (Lipinski definition) is 1. The largest absolute Gasteiger partial charge is 0.481 e. The van der Waals surface area contributed by atoms with Crippen molar-refractivity contribution < 1.29 is 9.90 Å². The second kappa shape index (κ2) is 3.52. The summed E-state index contributed by atoms with van der Waals surface area (Å²) in [6.07, 6.45) is 4.57. The van der Waals surface area contributed by atoms with E-state index >= 15 is 0 Å². The topological polar surface area (TPSA) is 37.3 Å². The van der Waals surface area contributed by atoms with Crippen LogP contribution in [0.4, 0.5) is 0 Å². The smallest absolute Gasteiger partial charge is 0.306 e. The van der Waals surface area contributed by atoms with Crippen molar-refractivity contribution >= 4 is 5.97 Å². The lowest BCUT2D eigenvalue weighted by Crippen LogP contribution is -2.20. The maximum atomic E-state index is 10.7. The van der Waals surface area contributed by atoms with Crippen molar-refractivity contribution in [1.82, 2.24) is 0 Å². The average Bonchev–Trinajstić information content (AvgIpc) is 2.03. The van der Waals surface area contributed by atoms with Gasteiger partial charge in [0.25, 0.3) is 0 Å². The zero-order valence-corrected chi connectivity index (χ0v) is 8.63. The molecule has 2 heteroatoms. The molecule has 0 saturated heterocycles. The van der Waals surface area contributed by atoms with Gasteiger partial charge in [-0.1, -0.05) is 32.4 Å². The number of rotatable bonds is 1. The Morgan fingerprint density at radius 1 is 1.54 bits per heavy atom. The first kappa shape index (κ1) is 10.3. The van der Waals surface area contributed by atoms with E-state index in [1.54, 1.807) is 0 Å². The van der Waals surface area contributed by atoms with Gasteiger partial charge in [-0.2, -0.15) is 0 Å². The Balaban J connectivity index is 2.63. The van der Waals surface area contributed by atoms with Crippen LogP contribution < -0.4 is 0 Å². The molecule has 0 aromatic heterocycles. The van der Waals surface area contributed by atoms with Gasteiger partial charge in [-0.05, 0) is 24.7 Å². The van der Waals surface area contributed by atoms with E-state index in [4.69, 9.17) is 5.11 Å². The molecule has 0 aliphatic heterocycles. The minimum Gasteiger partial charge on any atom is -0.481 e. The molecular formula is C11H18O2. The third-order valence-electron chi connectivity index (χ3n) is 2.72. The Hall–Kier alpha value is -0.790. The number of carbonyl (C=O) groups is 1. The van der Waals surface area contributed by atoms with Crippen LogP contribution in [0.3, 0.4) is 0 Å². The monoisotopic (exact) mass is 182 g/mol. The summed E-state index contributed by atoms with van der Waals surface area (Å²) in [5.41, 5.74) is 1.62. The van der Waals surface area contributed by atoms with Crippen LogP contribution >= 0.6 is 0 Å². The summed E-state index contributed by atoms with van der Waals surface area (Å²) in [6, 6.07) is 0. The fraction of sp³-hybridized carbons (Fsp3) is 0.727. The van der Waals surface area contributed by atoms with E-state index in [2.05, 4.69) is 26.8 Å². The quantitative estimate of drug-likeness (QED) is 0.633. The van der Waals surface area contributed by atoms with Gasteiger partial charge in [-0.25, -0.2) is 0 Å². The Bertz CT molecular complexity index is 233. The van der Waals surface area contributed by atoms with Crippen LogP contribution in [-0.4, -0.2) is 11.1 Å². The van der Waals surface area contributed by atoms with E-state index in [9.17, 15) is 4.79 Å². The van der Waals surface area contributed by atoms with Crippen molar-refractivity contribution in [2.24, 2.45) is 11.3 Å². The maximum Gasteiger partial charge on any atom is 0.306 e. The first-order valence-electron chi connectivity index (χ1n) is 4.83. The molecule has 1 aliphatic carbocycles. The normalized spacial score (nSPS) is 23.9. The highest BCUT2D eigenvalue weighted by Gasteiger charge is 2.25. The van der Waals surface area contributed by atoms with E-state index in [1.165, 1.54) is 5.57 Å². The first-order valence-corrected chi connectivity index (χ1v) is 4.83. The van der Waals surface area contributed by atoms with Crippen LogP contribution in [0.2, 0.25) is 0 Å². The minimum absolute atomic E-state index is 0.147. The summed E-state index contributed by atoms with van der Waals surface area (Å²) >= 11 is 0. The molecule has 0 aromatic rings. The van der Waals surface area contributed by atoms with E-state index in [1.807, 2.05) is 0 Å². The van der Waals surface area contributed by atoms with E-state index in [0.717, 1.165) is 12.8 Å². The molecule has 1 rings (SSSR count). The fourth-order valence-electron chi connectivity index (χ4n) is 1.74. The molecule has 2 nitrogen and oxygen atoms in total. The number of hydrogen-bond donors (Lipinski definition) is 1. The molecule has 1 aliphatic rings. The first-order chi connectivity index (χ1) is 5.91. The second-order valence-corrected chi connectivity index (χ2v) is 4.79. The van der Waals surface area contributed by atoms with Gasteiger partial charge in [0.05, 0.1) is 5.92 Å². The molecule has 13 heavy (non-hydrogen) atoms. The average molecular weight is 182 g/mol. The van der Waals surface area contributed by atoms with Gasteiger partial charge in [0.1, 0.15) is 0 Å². The minimum atomic E-state index is -0.649. The molecule has 0 bridgehead atoms. The molecular weight excluding hydrogens is 164 g/mol. The Kier molecular flexibility index (Phi) is 2.79. The van der Waals surface area contributed by atoms with E-state index in [-0.39, 0.29) is 11.3 Å². The van der Waals surface area contributed by atoms with Crippen molar-refractivity contribution in [1.29, 1.82) is 0 Å². The summed E-state index contributed by atoms with van der Waals surface area (Å²) in [4.78, 5) is 10.7. The molecule has 1 atom stereocenters. The van der Waals surface area contributed by atoms with Crippen LogP contribution in [0.5, 0.6) is 0 Å². The Labute approximate surface area is 79.6 Å². The highest BCUT2D eigenvalue weighted by Crippen LogP contribution is 2.35. The van der Waals surface area contributed by atoms with Crippen molar-refractivity contribution in [3.05, 3.63) is 11.6 Å². The molecule has 0 unspecified atom stereocenters. The molecule has 0 spiro atoms. The van der Waals surface area contributed by atoms with Crippen LogP contribution in [0.25, 0.3) is 0 Å². The van der Waals surface area contributed by atoms with Gasteiger partial charge < -0.3 is 5.11 Å². The Morgan fingerprint density at radius 2 is 2.15 bits per heavy atom. The number of carboxylic acid groups (broad SMARTS) is 1. The molecule has 0 saturated carbocycles. The van der Waals surface area contributed by atoms with Crippen LogP contribution in [0.15, 0.2) is 11.6 Å². The molecule has 0 fully saturated rings. The van der Waals surface area contributed by atoms with E-state index < -0.39 is 5.97 Å². The summed E-state index contributed by atoms with van der Waals surface area (Å²) in [5.74, 6) is -0.796. The molecule has 0 radical (unpaired) electrons. The SMILES string of the molecule is CC(C)(C)C1=CC[C@@H](C(=O)O)CC1. The standard InChI is InChI=1S/C11H18O2/c1-11(2,3)9-6-4-8(5-7-9)10(12)13/h6,8H,4-5,7H2,1-3H3,(H,12,13)/t8-/m1/s1. The van der Waals surface area contributed by atoms with Gasteiger partial charge >= 0.3 is 5.97 Å². The lowest BCUT2D eigenvalue weighted by atomic mass is 9.77. The predicted molar refractivity (Wildman–Crippen MR) is 52.5 cm³/mol. The van der Waals surface area contributed by atoms with E-state index in [0.29, 0.717) is 6.42 Å². The highest BCUT2D eigenvalue weighted by molar-refractivity contribution is 5.70. The van der Waals surface area contributed by atoms with Crippen LogP contribution in [0.1, 0.15) is 40.0 Å². The summed E-state index contributed by atoms with van der Waals surface area (Å²) in [5, 5.41) is 8.80. The number of aliphatic carboxylic acids is 1. The summed E-state index contributed by atoms with van der Waals surface area (Å²) in [7, 11) is 0. The zero-order valence-electron chi connectivity index (χ0n) is 8.63. The second-order valence-electron chi connectivity index (χ2n) is 4.79. The van der Waals surface area contributed by atoms with Crippen molar-refractivity contribution in [2.75, 3.05) is 0 Å². The number of allylic oxidation sites excluding steroid dienone is 2. The summed E-state index contributed by atoms with van der Waals surface area (Å²) in [6.45, 7) is 6.54. The van der Waals surface area contributed by atoms with Crippen LogP contribution in [0, 0.1) is 11.3 Å².